The van der Waals surface area contributed by atoms with Gasteiger partial charge in [0, 0.05) is 25.4 Å². The summed E-state index contributed by atoms with van der Waals surface area (Å²) in [6.45, 7) is 1.13. The molecular formula is C21H18F3N7O3. The molecular weight excluding hydrogens is 455 g/mol. The molecule has 1 aliphatic carbocycles. The van der Waals surface area contributed by atoms with Crippen LogP contribution in [0.1, 0.15) is 35.9 Å². The molecule has 0 bridgehead atoms. The van der Waals surface area contributed by atoms with Crippen LogP contribution in [-0.4, -0.2) is 59.3 Å². The minimum atomic E-state index is -4.68. The molecule has 176 valence electrons. The zero-order chi connectivity index (χ0) is 24.2. The van der Waals surface area contributed by atoms with Gasteiger partial charge in [-0.2, -0.15) is 18.3 Å². The first-order valence-corrected chi connectivity index (χ1v) is 10.5. The van der Waals surface area contributed by atoms with E-state index in [1.54, 1.807) is 12.1 Å². The SMILES string of the molecule is CC(=O)c1nn(CC(=O)N2[C@@H]3CC3C[C@H]2C(=O)Nc2nccc(C(F)(F)F)n2)c2ncccc12. The van der Waals surface area contributed by atoms with Gasteiger partial charge in [0.25, 0.3) is 0 Å². The molecule has 1 unspecified atom stereocenters. The molecule has 0 radical (unpaired) electrons. The topological polar surface area (TPSA) is 123 Å². The van der Waals surface area contributed by atoms with E-state index in [9.17, 15) is 27.6 Å². The molecule has 2 amide bonds. The van der Waals surface area contributed by atoms with Crippen LogP contribution in [-0.2, 0) is 22.3 Å². The average Bonchev–Trinajstić information content (AvgIpc) is 3.29. The minimum Gasteiger partial charge on any atom is -0.326 e. The molecule has 4 heterocycles. The monoisotopic (exact) mass is 473 g/mol. The Kier molecular flexibility index (Phi) is 5.06. The normalized spacial score (nSPS) is 21.4. The predicted molar refractivity (Wildman–Crippen MR) is 110 cm³/mol. The van der Waals surface area contributed by atoms with Crippen molar-refractivity contribution in [2.45, 2.75) is 44.6 Å². The molecule has 34 heavy (non-hydrogen) atoms. The maximum atomic E-state index is 13.2. The van der Waals surface area contributed by atoms with E-state index in [1.807, 2.05) is 0 Å². The number of nitrogens with one attached hydrogen (secondary N) is 1. The standard InChI is InChI=1S/C21H18F3N7O3/c1-10(32)17-12-3-2-5-25-18(12)30(29-17)9-16(33)31-13-7-11(13)8-14(31)19(34)28-20-26-6-4-15(27-20)21(22,23)24/h2-6,11,13-14H,7-9H2,1H3,(H,26,27,28,34)/t11?,13-,14+/m1/s1. The number of piperidine rings is 1. The van der Waals surface area contributed by atoms with Crippen LogP contribution < -0.4 is 5.32 Å². The van der Waals surface area contributed by atoms with Gasteiger partial charge in [0.2, 0.25) is 17.8 Å². The molecule has 0 spiro atoms. The van der Waals surface area contributed by atoms with Crippen LogP contribution in [0, 0.1) is 5.92 Å². The van der Waals surface area contributed by atoms with E-state index in [0.29, 0.717) is 23.5 Å². The van der Waals surface area contributed by atoms with Gasteiger partial charge in [-0.1, -0.05) is 0 Å². The number of nitrogens with zero attached hydrogens (tertiary/aromatic N) is 6. The number of ketones is 1. The number of fused-ring (bicyclic) bond motifs is 2. The summed E-state index contributed by atoms with van der Waals surface area (Å²) in [5.41, 5.74) is -0.622. The van der Waals surface area contributed by atoms with Crippen LogP contribution in [0.2, 0.25) is 0 Å². The van der Waals surface area contributed by atoms with Crippen molar-refractivity contribution in [3.05, 3.63) is 42.0 Å². The second-order valence-electron chi connectivity index (χ2n) is 8.31. The van der Waals surface area contributed by atoms with Crippen molar-refractivity contribution in [3.63, 3.8) is 0 Å². The molecule has 3 aromatic rings. The summed E-state index contributed by atoms with van der Waals surface area (Å²) in [7, 11) is 0. The fourth-order valence-corrected chi connectivity index (χ4v) is 4.41. The van der Waals surface area contributed by atoms with Crippen LogP contribution in [0.4, 0.5) is 19.1 Å². The Hall–Kier alpha value is -3.90. The second-order valence-corrected chi connectivity index (χ2v) is 8.31. The van der Waals surface area contributed by atoms with E-state index in [2.05, 4.69) is 25.4 Å². The third kappa shape index (κ3) is 3.86. The third-order valence-corrected chi connectivity index (χ3v) is 6.00. The van der Waals surface area contributed by atoms with E-state index in [1.165, 1.54) is 22.7 Å². The highest BCUT2D eigenvalue weighted by molar-refractivity contribution is 6.04. The molecule has 1 saturated heterocycles. The van der Waals surface area contributed by atoms with Gasteiger partial charge >= 0.3 is 6.18 Å². The largest absolute Gasteiger partial charge is 0.433 e. The van der Waals surface area contributed by atoms with Crippen molar-refractivity contribution < 1.29 is 27.6 Å². The van der Waals surface area contributed by atoms with Gasteiger partial charge in [-0.05, 0) is 37.0 Å². The van der Waals surface area contributed by atoms with Gasteiger partial charge in [0.05, 0.1) is 5.39 Å². The number of likely N-dealkylation sites (tertiary alicyclic amines) is 1. The lowest BCUT2D eigenvalue weighted by molar-refractivity contribution is -0.141. The summed E-state index contributed by atoms with van der Waals surface area (Å²) in [6, 6.07) is 3.04. The number of aromatic nitrogens is 5. The first-order chi connectivity index (χ1) is 16.1. The number of carbonyl (C=O) groups excluding carboxylic acids is 3. The average molecular weight is 473 g/mol. The Bertz CT molecular complexity index is 1320. The van der Waals surface area contributed by atoms with Gasteiger partial charge in [-0.15, -0.1) is 0 Å². The second kappa shape index (κ2) is 7.85. The molecule has 3 atom stereocenters. The third-order valence-electron chi connectivity index (χ3n) is 6.00. The van der Waals surface area contributed by atoms with Crippen molar-refractivity contribution >= 4 is 34.6 Å². The van der Waals surface area contributed by atoms with Crippen LogP contribution in [0.25, 0.3) is 11.0 Å². The van der Waals surface area contributed by atoms with Gasteiger partial charge in [0.15, 0.2) is 11.4 Å². The summed E-state index contributed by atoms with van der Waals surface area (Å²) in [6.07, 6.45) is -1.13. The molecule has 5 rings (SSSR count). The zero-order valence-corrected chi connectivity index (χ0v) is 17.8. The number of amides is 2. The van der Waals surface area contributed by atoms with Crippen LogP contribution in [0.5, 0.6) is 0 Å². The Labute approximate surface area is 190 Å². The maximum Gasteiger partial charge on any atom is 0.433 e. The Morgan fingerprint density at radius 3 is 2.68 bits per heavy atom. The number of hydrogen-bond donors (Lipinski definition) is 1. The minimum absolute atomic E-state index is 0.132. The number of rotatable bonds is 5. The highest BCUT2D eigenvalue weighted by Crippen LogP contribution is 2.48. The van der Waals surface area contributed by atoms with Gasteiger partial charge in [-0.3, -0.25) is 19.7 Å². The summed E-state index contributed by atoms with van der Waals surface area (Å²) >= 11 is 0. The number of Topliss-reactive ketones (excluding diaryl/α,β-unsaturated/α-hetero) is 1. The summed E-state index contributed by atoms with van der Waals surface area (Å²) in [4.78, 5) is 50.7. The quantitative estimate of drug-likeness (QED) is 0.563. The van der Waals surface area contributed by atoms with Crippen molar-refractivity contribution in [2.24, 2.45) is 5.92 Å². The number of carbonyl (C=O) groups is 3. The lowest BCUT2D eigenvalue weighted by Gasteiger charge is -2.26. The fourth-order valence-electron chi connectivity index (χ4n) is 4.41. The number of pyridine rings is 1. The number of halogens is 3. The molecule has 1 aliphatic heterocycles. The Morgan fingerprint density at radius 2 is 1.94 bits per heavy atom. The summed E-state index contributed by atoms with van der Waals surface area (Å²) in [5, 5.41) is 7.06. The zero-order valence-electron chi connectivity index (χ0n) is 17.8. The maximum absolute atomic E-state index is 13.2. The summed E-state index contributed by atoms with van der Waals surface area (Å²) in [5.74, 6) is -1.68. The van der Waals surface area contributed by atoms with Crippen molar-refractivity contribution in [2.75, 3.05) is 5.32 Å². The Morgan fingerprint density at radius 1 is 1.15 bits per heavy atom. The van der Waals surface area contributed by atoms with Crippen molar-refractivity contribution in [1.29, 1.82) is 0 Å². The van der Waals surface area contributed by atoms with Crippen molar-refractivity contribution in [1.82, 2.24) is 29.6 Å². The summed E-state index contributed by atoms with van der Waals surface area (Å²) < 4.78 is 40.1. The first kappa shape index (κ1) is 21.9. The molecule has 3 aromatic heterocycles. The van der Waals surface area contributed by atoms with E-state index in [4.69, 9.17) is 0 Å². The van der Waals surface area contributed by atoms with E-state index in [-0.39, 0.29) is 30.0 Å². The molecule has 1 saturated carbocycles. The van der Waals surface area contributed by atoms with Gasteiger partial charge in [0.1, 0.15) is 24.0 Å². The number of hydrogen-bond acceptors (Lipinski definition) is 7. The number of alkyl halides is 3. The Balaban J connectivity index is 1.36. The van der Waals surface area contributed by atoms with Crippen LogP contribution in [0.15, 0.2) is 30.6 Å². The first-order valence-electron chi connectivity index (χ1n) is 10.5. The molecule has 2 fully saturated rings. The fraction of sp³-hybridized carbons (Fsp3) is 0.381. The number of anilines is 1. The predicted octanol–water partition coefficient (Wildman–Crippen LogP) is 2.07. The van der Waals surface area contributed by atoms with Crippen LogP contribution >= 0.6 is 0 Å². The lowest BCUT2D eigenvalue weighted by atomic mass is 10.1. The highest BCUT2D eigenvalue weighted by atomic mass is 19.4. The highest BCUT2D eigenvalue weighted by Gasteiger charge is 2.56. The smallest absolute Gasteiger partial charge is 0.326 e. The van der Waals surface area contributed by atoms with E-state index >= 15 is 0 Å². The molecule has 0 aromatic carbocycles. The van der Waals surface area contributed by atoms with Gasteiger partial charge < -0.3 is 4.90 Å². The molecule has 13 heteroatoms. The molecule has 1 N–H and O–H groups in total. The van der Waals surface area contributed by atoms with Gasteiger partial charge in [-0.25, -0.2) is 19.6 Å². The van der Waals surface area contributed by atoms with E-state index in [0.717, 1.165) is 12.6 Å². The molecule has 2 aliphatic rings. The van der Waals surface area contributed by atoms with Crippen LogP contribution in [0.3, 0.4) is 0 Å². The van der Waals surface area contributed by atoms with Crippen molar-refractivity contribution in [3.8, 4) is 0 Å². The molecule has 10 nitrogen and oxygen atoms in total. The van der Waals surface area contributed by atoms with E-state index < -0.39 is 35.7 Å². The lowest BCUT2D eigenvalue weighted by Crippen LogP contribution is -2.47.